The Bertz CT molecular complexity index is 1000. The third-order valence-corrected chi connectivity index (χ3v) is 6.87. The number of aromatic nitrogens is 3. The Labute approximate surface area is 182 Å². The van der Waals surface area contributed by atoms with Crippen molar-refractivity contribution in [2.45, 2.75) is 58.9 Å². The van der Waals surface area contributed by atoms with Crippen molar-refractivity contribution in [1.29, 1.82) is 0 Å². The van der Waals surface area contributed by atoms with Gasteiger partial charge in [0.05, 0.1) is 16.9 Å². The van der Waals surface area contributed by atoms with E-state index in [1.807, 2.05) is 16.6 Å². The summed E-state index contributed by atoms with van der Waals surface area (Å²) in [5.41, 5.74) is 6.63. The zero-order valence-corrected chi connectivity index (χ0v) is 18.8. The molecule has 0 saturated carbocycles. The Balaban J connectivity index is 1.48. The van der Waals surface area contributed by atoms with Gasteiger partial charge in [-0.2, -0.15) is 0 Å². The van der Waals surface area contributed by atoms with Crippen molar-refractivity contribution in [2.75, 3.05) is 19.6 Å². The number of nitrogens with one attached hydrogen (secondary N) is 1. The molecule has 1 fully saturated rings. The summed E-state index contributed by atoms with van der Waals surface area (Å²) >= 11 is 1.73. The van der Waals surface area contributed by atoms with E-state index < -0.39 is 0 Å². The first-order valence-corrected chi connectivity index (χ1v) is 11.9. The number of hydrogen-bond donors (Lipinski definition) is 1. The molecule has 0 bridgehead atoms. The largest absolute Gasteiger partial charge is 0.337 e. The summed E-state index contributed by atoms with van der Waals surface area (Å²) < 4.78 is 2.07. The average molecular weight is 426 g/mol. The fourth-order valence-electron chi connectivity index (χ4n) is 4.11. The van der Waals surface area contributed by atoms with E-state index in [2.05, 4.69) is 40.7 Å². The molecule has 1 saturated heterocycles. The normalized spacial score (nSPS) is 14.9. The van der Waals surface area contributed by atoms with Gasteiger partial charge >= 0.3 is 0 Å². The van der Waals surface area contributed by atoms with E-state index in [0.29, 0.717) is 12.2 Å². The van der Waals surface area contributed by atoms with Gasteiger partial charge in [0, 0.05) is 30.7 Å². The number of amides is 1. The highest BCUT2D eigenvalue weighted by Gasteiger charge is 2.24. The predicted octanol–water partition coefficient (Wildman–Crippen LogP) is 4.15. The van der Waals surface area contributed by atoms with Crippen LogP contribution in [0, 0.1) is 13.8 Å². The van der Waals surface area contributed by atoms with Crippen LogP contribution in [0.15, 0.2) is 23.8 Å². The molecule has 1 N–H and O–H groups in total. The third-order valence-electron chi connectivity index (χ3n) is 5.87. The van der Waals surface area contributed by atoms with Crippen LogP contribution >= 0.6 is 11.3 Å². The fraction of sp³-hybridized carbons (Fsp3) is 0.522. The van der Waals surface area contributed by atoms with E-state index in [1.54, 1.807) is 11.3 Å². The van der Waals surface area contributed by atoms with Crippen molar-refractivity contribution < 1.29 is 4.79 Å². The van der Waals surface area contributed by atoms with Crippen molar-refractivity contribution in [3.63, 3.8) is 0 Å². The molecule has 0 aliphatic carbocycles. The Morgan fingerprint density at radius 3 is 2.73 bits per heavy atom. The van der Waals surface area contributed by atoms with Crippen molar-refractivity contribution in [3.8, 4) is 0 Å². The van der Waals surface area contributed by atoms with E-state index in [-0.39, 0.29) is 5.91 Å². The minimum atomic E-state index is 0.0790. The summed E-state index contributed by atoms with van der Waals surface area (Å²) in [6.45, 7) is 7.35. The molecular weight excluding hydrogens is 394 g/mol. The number of rotatable bonds is 7. The van der Waals surface area contributed by atoms with Crippen LogP contribution in [0.3, 0.4) is 0 Å². The minimum Gasteiger partial charge on any atom is -0.337 e. The number of hydrogen-bond acceptors (Lipinski definition) is 5. The number of thiazole rings is 1. The molecule has 3 aromatic heterocycles. The highest BCUT2D eigenvalue weighted by molar-refractivity contribution is 7.09. The van der Waals surface area contributed by atoms with Crippen molar-refractivity contribution >= 4 is 22.9 Å². The monoisotopic (exact) mass is 425 g/mol. The number of imidazole rings is 1. The van der Waals surface area contributed by atoms with Gasteiger partial charge in [0.15, 0.2) is 5.69 Å². The Kier molecular flexibility index (Phi) is 6.79. The Hall–Kier alpha value is -2.25. The van der Waals surface area contributed by atoms with Gasteiger partial charge in [-0.3, -0.25) is 4.79 Å². The SMILES string of the molecule is Cc1ccn2c(CNCCCc3scnc3C)c(C(=O)N3CCCCCC3)nc2c1. The molecule has 0 aromatic carbocycles. The molecule has 7 heteroatoms. The first kappa shape index (κ1) is 21.0. The number of likely N-dealkylation sites (tertiary alicyclic amines) is 1. The smallest absolute Gasteiger partial charge is 0.274 e. The lowest BCUT2D eigenvalue weighted by Crippen LogP contribution is -2.33. The first-order chi connectivity index (χ1) is 14.6. The standard InChI is InChI=1S/C23H31N5OS/c1-17-9-13-28-19(15-24-10-7-8-20-18(2)25-16-30-20)22(26-21(28)14-17)23(29)27-11-5-3-4-6-12-27/h9,13-14,16,24H,3-8,10-12,15H2,1-2H3. The molecule has 1 aliphatic rings. The second kappa shape index (κ2) is 9.71. The van der Waals surface area contributed by atoms with Gasteiger partial charge in [-0.05, 0) is 63.8 Å². The maximum absolute atomic E-state index is 13.3. The van der Waals surface area contributed by atoms with Crippen LogP contribution in [0.5, 0.6) is 0 Å². The summed E-state index contributed by atoms with van der Waals surface area (Å²) in [6, 6.07) is 4.13. The first-order valence-electron chi connectivity index (χ1n) is 11.0. The zero-order chi connectivity index (χ0) is 20.9. The van der Waals surface area contributed by atoms with Gasteiger partial charge in [0.1, 0.15) is 5.65 Å². The lowest BCUT2D eigenvalue weighted by molar-refractivity contribution is 0.0755. The van der Waals surface area contributed by atoms with Crippen LogP contribution in [-0.2, 0) is 13.0 Å². The highest BCUT2D eigenvalue weighted by atomic mass is 32.1. The molecule has 4 heterocycles. The van der Waals surface area contributed by atoms with E-state index in [0.717, 1.165) is 67.9 Å². The topological polar surface area (TPSA) is 62.5 Å². The summed E-state index contributed by atoms with van der Waals surface area (Å²) in [7, 11) is 0. The van der Waals surface area contributed by atoms with E-state index in [4.69, 9.17) is 4.98 Å². The predicted molar refractivity (Wildman–Crippen MR) is 121 cm³/mol. The van der Waals surface area contributed by atoms with Crippen LogP contribution < -0.4 is 5.32 Å². The van der Waals surface area contributed by atoms with Gasteiger partial charge in [-0.1, -0.05) is 12.8 Å². The van der Waals surface area contributed by atoms with Gasteiger partial charge in [-0.25, -0.2) is 9.97 Å². The molecule has 0 radical (unpaired) electrons. The second-order valence-corrected chi connectivity index (χ2v) is 9.13. The van der Waals surface area contributed by atoms with Gasteiger partial charge < -0.3 is 14.6 Å². The lowest BCUT2D eigenvalue weighted by Gasteiger charge is -2.19. The number of aryl methyl sites for hydroxylation is 3. The fourth-order valence-corrected chi connectivity index (χ4v) is 4.93. The average Bonchev–Trinajstić information content (AvgIpc) is 3.18. The van der Waals surface area contributed by atoms with Gasteiger partial charge in [0.25, 0.3) is 5.91 Å². The number of fused-ring (bicyclic) bond motifs is 1. The van der Waals surface area contributed by atoms with E-state index in [9.17, 15) is 4.79 Å². The molecule has 1 amide bonds. The maximum Gasteiger partial charge on any atom is 0.274 e. The molecule has 0 unspecified atom stereocenters. The molecule has 1 aliphatic heterocycles. The quantitative estimate of drug-likeness (QED) is 0.578. The summed E-state index contributed by atoms with van der Waals surface area (Å²) in [4.78, 5) is 25.8. The highest BCUT2D eigenvalue weighted by Crippen LogP contribution is 2.19. The number of pyridine rings is 1. The molecule has 30 heavy (non-hydrogen) atoms. The summed E-state index contributed by atoms with van der Waals surface area (Å²) in [5, 5.41) is 3.54. The second-order valence-electron chi connectivity index (χ2n) is 8.19. The zero-order valence-electron chi connectivity index (χ0n) is 18.0. The molecular formula is C23H31N5OS. The van der Waals surface area contributed by atoms with Crippen LogP contribution in [-0.4, -0.2) is 44.8 Å². The van der Waals surface area contributed by atoms with Crippen LogP contribution in [0.2, 0.25) is 0 Å². The molecule has 3 aromatic rings. The van der Waals surface area contributed by atoms with Gasteiger partial charge in [0.2, 0.25) is 0 Å². The molecule has 4 rings (SSSR count). The van der Waals surface area contributed by atoms with E-state index >= 15 is 0 Å². The van der Waals surface area contributed by atoms with Crippen molar-refractivity contribution in [2.24, 2.45) is 0 Å². The van der Waals surface area contributed by atoms with Crippen molar-refractivity contribution in [3.05, 3.63) is 51.4 Å². The number of carbonyl (C=O) groups is 1. The Morgan fingerprint density at radius 2 is 2.00 bits per heavy atom. The van der Waals surface area contributed by atoms with Crippen LogP contribution in [0.1, 0.15) is 64.4 Å². The van der Waals surface area contributed by atoms with Crippen molar-refractivity contribution in [1.82, 2.24) is 24.6 Å². The third kappa shape index (κ3) is 4.73. The molecule has 0 atom stereocenters. The maximum atomic E-state index is 13.3. The number of nitrogens with zero attached hydrogens (tertiary/aromatic N) is 4. The lowest BCUT2D eigenvalue weighted by atomic mass is 10.2. The van der Waals surface area contributed by atoms with Crippen LogP contribution in [0.4, 0.5) is 0 Å². The van der Waals surface area contributed by atoms with Crippen LogP contribution in [0.25, 0.3) is 5.65 Å². The molecule has 0 spiro atoms. The summed E-state index contributed by atoms with van der Waals surface area (Å²) in [6.07, 6.45) is 8.72. The minimum absolute atomic E-state index is 0.0790. The Morgan fingerprint density at radius 1 is 1.20 bits per heavy atom. The van der Waals surface area contributed by atoms with Gasteiger partial charge in [-0.15, -0.1) is 11.3 Å². The number of carbonyl (C=O) groups excluding carboxylic acids is 1. The molecule has 160 valence electrons. The molecule has 6 nitrogen and oxygen atoms in total. The van der Waals surface area contributed by atoms with E-state index in [1.165, 1.54) is 17.7 Å². The summed E-state index contributed by atoms with van der Waals surface area (Å²) in [5.74, 6) is 0.0790.